The SMILES string of the molecule is Nc1cc(Br)ccc1-c1cc2ccccc2oc1=O. The van der Waals surface area contributed by atoms with Gasteiger partial charge in [-0.2, -0.15) is 0 Å². The van der Waals surface area contributed by atoms with Crippen molar-refractivity contribution in [1.82, 2.24) is 0 Å². The molecular weight excluding hydrogens is 306 g/mol. The van der Waals surface area contributed by atoms with Crippen molar-refractivity contribution in [3.05, 3.63) is 63.4 Å². The molecule has 3 rings (SSSR count). The maximum Gasteiger partial charge on any atom is 0.344 e. The first kappa shape index (κ1) is 12.0. The summed E-state index contributed by atoms with van der Waals surface area (Å²) >= 11 is 3.35. The van der Waals surface area contributed by atoms with Crippen LogP contribution < -0.4 is 11.4 Å². The molecular formula is C15H10BrNO2. The van der Waals surface area contributed by atoms with Crippen LogP contribution in [0.2, 0.25) is 0 Å². The third-order valence-electron chi connectivity index (χ3n) is 2.95. The summed E-state index contributed by atoms with van der Waals surface area (Å²) in [6.07, 6.45) is 0. The lowest BCUT2D eigenvalue weighted by atomic mass is 10.0. The van der Waals surface area contributed by atoms with Crippen LogP contribution in [0, 0.1) is 0 Å². The van der Waals surface area contributed by atoms with Gasteiger partial charge in [-0.1, -0.05) is 40.2 Å². The van der Waals surface area contributed by atoms with Gasteiger partial charge < -0.3 is 10.2 Å². The molecule has 0 saturated carbocycles. The van der Waals surface area contributed by atoms with Crippen LogP contribution in [0.1, 0.15) is 0 Å². The summed E-state index contributed by atoms with van der Waals surface area (Å²) in [7, 11) is 0. The fourth-order valence-corrected chi connectivity index (χ4v) is 2.41. The van der Waals surface area contributed by atoms with E-state index in [1.807, 2.05) is 24.3 Å². The Kier molecular flexibility index (Phi) is 2.87. The maximum absolute atomic E-state index is 12.0. The molecule has 2 aromatic carbocycles. The second kappa shape index (κ2) is 4.55. The molecule has 0 amide bonds. The minimum atomic E-state index is -0.382. The zero-order chi connectivity index (χ0) is 13.4. The molecule has 0 aliphatic heterocycles. The highest BCUT2D eigenvalue weighted by molar-refractivity contribution is 9.10. The highest BCUT2D eigenvalue weighted by Gasteiger charge is 2.10. The number of hydrogen-bond acceptors (Lipinski definition) is 3. The van der Waals surface area contributed by atoms with E-state index >= 15 is 0 Å². The topological polar surface area (TPSA) is 56.2 Å². The summed E-state index contributed by atoms with van der Waals surface area (Å²) in [6, 6.07) is 14.6. The van der Waals surface area contributed by atoms with E-state index in [-0.39, 0.29) is 5.63 Å². The summed E-state index contributed by atoms with van der Waals surface area (Å²) in [4.78, 5) is 12.0. The van der Waals surface area contributed by atoms with Crippen molar-refractivity contribution in [3.8, 4) is 11.1 Å². The number of nitrogen functional groups attached to an aromatic ring is 1. The summed E-state index contributed by atoms with van der Waals surface area (Å²) in [5.41, 5.74) is 7.85. The molecule has 0 fully saturated rings. The second-order valence-corrected chi connectivity index (χ2v) is 5.13. The van der Waals surface area contributed by atoms with Crippen molar-refractivity contribution in [3.63, 3.8) is 0 Å². The zero-order valence-corrected chi connectivity index (χ0v) is 11.5. The Morgan fingerprint density at radius 2 is 1.79 bits per heavy atom. The van der Waals surface area contributed by atoms with Crippen LogP contribution in [-0.4, -0.2) is 0 Å². The minimum Gasteiger partial charge on any atom is -0.422 e. The summed E-state index contributed by atoms with van der Waals surface area (Å²) in [6.45, 7) is 0. The van der Waals surface area contributed by atoms with Crippen LogP contribution in [0.4, 0.5) is 5.69 Å². The van der Waals surface area contributed by atoms with Crippen molar-refractivity contribution >= 4 is 32.6 Å². The number of halogens is 1. The number of para-hydroxylation sites is 1. The van der Waals surface area contributed by atoms with Crippen LogP contribution in [0.3, 0.4) is 0 Å². The van der Waals surface area contributed by atoms with Crippen LogP contribution in [-0.2, 0) is 0 Å². The molecule has 19 heavy (non-hydrogen) atoms. The van der Waals surface area contributed by atoms with Gasteiger partial charge in [0.2, 0.25) is 0 Å². The standard InChI is InChI=1S/C15H10BrNO2/c16-10-5-6-11(13(17)8-10)12-7-9-3-1-2-4-14(9)19-15(12)18/h1-8H,17H2. The number of hydrogen-bond donors (Lipinski definition) is 1. The number of fused-ring (bicyclic) bond motifs is 1. The first-order valence-corrected chi connectivity index (χ1v) is 6.53. The average Bonchev–Trinajstić information content (AvgIpc) is 2.38. The van der Waals surface area contributed by atoms with E-state index < -0.39 is 0 Å². The van der Waals surface area contributed by atoms with E-state index in [2.05, 4.69) is 15.9 Å². The molecule has 0 aliphatic rings. The molecule has 0 unspecified atom stereocenters. The Bertz CT molecular complexity index is 824. The molecule has 0 saturated heterocycles. The van der Waals surface area contributed by atoms with Gasteiger partial charge in [-0.3, -0.25) is 0 Å². The van der Waals surface area contributed by atoms with E-state index in [1.165, 1.54) is 0 Å². The van der Waals surface area contributed by atoms with E-state index in [0.717, 1.165) is 9.86 Å². The van der Waals surface area contributed by atoms with Gasteiger partial charge in [-0.15, -0.1) is 0 Å². The molecule has 0 spiro atoms. The van der Waals surface area contributed by atoms with Gasteiger partial charge in [0.05, 0.1) is 5.56 Å². The average molecular weight is 316 g/mol. The third kappa shape index (κ3) is 2.15. The Balaban J connectivity index is 2.30. The number of anilines is 1. The molecule has 2 N–H and O–H groups in total. The van der Waals surface area contributed by atoms with Crippen LogP contribution in [0.15, 0.2) is 62.2 Å². The lowest BCUT2D eigenvalue weighted by molar-refractivity contribution is 0.563. The first-order chi connectivity index (χ1) is 9.15. The van der Waals surface area contributed by atoms with Crippen molar-refractivity contribution in [1.29, 1.82) is 0 Å². The van der Waals surface area contributed by atoms with E-state index in [1.54, 1.807) is 24.3 Å². The van der Waals surface area contributed by atoms with Gasteiger partial charge in [-0.25, -0.2) is 4.79 Å². The van der Waals surface area contributed by atoms with Gasteiger partial charge in [0.25, 0.3) is 0 Å². The number of rotatable bonds is 1. The third-order valence-corrected chi connectivity index (χ3v) is 3.44. The van der Waals surface area contributed by atoms with E-state index in [0.29, 0.717) is 22.4 Å². The van der Waals surface area contributed by atoms with Crippen molar-refractivity contribution in [2.45, 2.75) is 0 Å². The predicted octanol–water partition coefficient (Wildman–Crippen LogP) is 3.80. The monoisotopic (exact) mass is 315 g/mol. The van der Waals surface area contributed by atoms with Gasteiger partial charge >= 0.3 is 5.63 Å². The van der Waals surface area contributed by atoms with Crippen molar-refractivity contribution in [2.75, 3.05) is 5.73 Å². The van der Waals surface area contributed by atoms with E-state index in [4.69, 9.17) is 10.2 Å². The summed E-state index contributed by atoms with van der Waals surface area (Å²) in [5.74, 6) is 0. The molecule has 0 bridgehead atoms. The molecule has 3 aromatic rings. The maximum atomic E-state index is 12.0. The van der Waals surface area contributed by atoms with Gasteiger partial charge in [-0.05, 0) is 24.3 Å². The van der Waals surface area contributed by atoms with Crippen molar-refractivity contribution < 1.29 is 4.42 Å². The molecule has 94 valence electrons. The lowest BCUT2D eigenvalue weighted by Crippen LogP contribution is -2.04. The van der Waals surface area contributed by atoms with Gasteiger partial charge in [0.1, 0.15) is 5.58 Å². The number of benzene rings is 2. The Labute approximate surface area is 117 Å². The molecule has 1 aromatic heterocycles. The minimum absolute atomic E-state index is 0.382. The molecule has 1 heterocycles. The van der Waals surface area contributed by atoms with Crippen LogP contribution in [0.25, 0.3) is 22.1 Å². The molecule has 0 aliphatic carbocycles. The second-order valence-electron chi connectivity index (χ2n) is 4.22. The Morgan fingerprint density at radius 1 is 1.00 bits per heavy atom. The van der Waals surface area contributed by atoms with Crippen molar-refractivity contribution in [2.24, 2.45) is 0 Å². The molecule has 0 atom stereocenters. The largest absolute Gasteiger partial charge is 0.422 e. The molecule has 4 heteroatoms. The lowest BCUT2D eigenvalue weighted by Gasteiger charge is -2.06. The summed E-state index contributed by atoms with van der Waals surface area (Å²) < 4.78 is 6.18. The van der Waals surface area contributed by atoms with E-state index in [9.17, 15) is 4.79 Å². The predicted molar refractivity (Wildman–Crippen MR) is 80.0 cm³/mol. The molecule has 3 nitrogen and oxygen atoms in total. The Hall–Kier alpha value is -2.07. The highest BCUT2D eigenvalue weighted by atomic mass is 79.9. The normalized spacial score (nSPS) is 10.8. The van der Waals surface area contributed by atoms with Gasteiger partial charge in [0.15, 0.2) is 0 Å². The molecule has 0 radical (unpaired) electrons. The smallest absolute Gasteiger partial charge is 0.344 e. The fourth-order valence-electron chi connectivity index (χ4n) is 2.03. The van der Waals surface area contributed by atoms with Gasteiger partial charge in [0, 0.05) is 21.1 Å². The number of nitrogens with two attached hydrogens (primary N) is 1. The summed E-state index contributed by atoms with van der Waals surface area (Å²) in [5, 5.41) is 0.874. The highest BCUT2D eigenvalue weighted by Crippen LogP contribution is 2.28. The first-order valence-electron chi connectivity index (χ1n) is 5.73. The van der Waals surface area contributed by atoms with Crippen LogP contribution in [0.5, 0.6) is 0 Å². The Morgan fingerprint density at radius 3 is 2.58 bits per heavy atom. The zero-order valence-electron chi connectivity index (χ0n) is 9.89. The fraction of sp³-hybridized carbons (Fsp3) is 0. The quantitative estimate of drug-likeness (QED) is 0.549. The van der Waals surface area contributed by atoms with Crippen LogP contribution >= 0.6 is 15.9 Å².